The van der Waals surface area contributed by atoms with Gasteiger partial charge in [-0.2, -0.15) is 0 Å². The highest BCUT2D eigenvalue weighted by atomic mass is 16.4. The lowest BCUT2D eigenvalue weighted by Gasteiger charge is -2.23. The largest absolute Gasteiger partial charge is 0.481 e. The number of nitrogens with one attached hydrogen (secondary N) is 7. The molecule has 1 fully saturated rings. The summed E-state index contributed by atoms with van der Waals surface area (Å²) in [7, 11) is 0. The van der Waals surface area contributed by atoms with E-state index < -0.39 is 60.3 Å². The van der Waals surface area contributed by atoms with Crippen LogP contribution in [0.4, 0.5) is 4.79 Å². The number of carbonyl (C=O) groups is 6. The van der Waals surface area contributed by atoms with Crippen molar-refractivity contribution in [2.24, 2.45) is 0 Å². The van der Waals surface area contributed by atoms with E-state index in [2.05, 4.69) is 42.1 Å². The fourth-order valence-electron chi connectivity index (χ4n) is 6.85. The van der Waals surface area contributed by atoms with Gasteiger partial charge in [0, 0.05) is 57.7 Å². The summed E-state index contributed by atoms with van der Waals surface area (Å²) in [5, 5.41) is 50.4. The number of rotatable bonds is 19. The topological polar surface area (TPSA) is 251 Å². The maximum absolute atomic E-state index is 13.6. The zero-order valence-corrected chi connectivity index (χ0v) is 34.0. The van der Waals surface area contributed by atoms with Gasteiger partial charge in [0.15, 0.2) is 0 Å². The number of carboxylic acids is 3. The number of unbranched alkanes of at least 4 members (excludes halogenated alkanes) is 1. The van der Waals surface area contributed by atoms with Gasteiger partial charge >= 0.3 is 23.9 Å². The molecule has 1 saturated heterocycles. The number of hydrogen-bond donors (Lipinski definition) is 10. The van der Waals surface area contributed by atoms with E-state index in [0.717, 1.165) is 93.6 Å². The number of nitrogens with zero attached hydrogens (tertiary/aromatic N) is 1. The molecule has 0 radical (unpaired) electrons. The molecule has 17 nitrogen and oxygen atoms in total. The van der Waals surface area contributed by atoms with Crippen molar-refractivity contribution in [3.05, 3.63) is 83.4 Å². The van der Waals surface area contributed by atoms with Crippen LogP contribution in [0.15, 0.2) is 66.7 Å². The maximum atomic E-state index is 13.6. The first-order chi connectivity index (χ1) is 29.0. The molecule has 60 heavy (non-hydrogen) atoms. The molecule has 0 spiro atoms. The van der Waals surface area contributed by atoms with Crippen LogP contribution in [0.1, 0.15) is 66.4 Å². The Labute approximate surface area is 350 Å². The van der Waals surface area contributed by atoms with E-state index in [1.54, 1.807) is 12.1 Å². The predicted octanol–water partition coefficient (Wildman–Crippen LogP) is 1.90. The molecule has 326 valence electrons. The number of carbonyl (C=O) groups excluding carboxylic acids is 3. The van der Waals surface area contributed by atoms with Gasteiger partial charge in [-0.05, 0) is 98.7 Å². The molecule has 1 aliphatic rings. The summed E-state index contributed by atoms with van der Waals surface area (Å²) >= 11 is 0. The molecule has 0 bridgehead atoms. The summed E-state index contributed by atoms with van der Waals surface area (Å²) in [6, 6.07) is 16.3. The Balaban J connectivity index is 1.33. The second-order valence-electron chi connectivity index (χ2n) is 15.0. The summed E-state index contributed by atoms with van der Waals surface area (Å²) < 4.78 is 0. The molecule has 4 rings (SSSR count). The van der Waals surface area contributed by atoms with Gasteiger partial charge in [0.25, 0.3) is 5.91 Å². The van der Waals surface area contributed by atoms with Crippen molar-refractivity contribution in [1.82, 2.24) is 42.1 Å². The van der Waals surface area contributed by atoms with Crippen LogP contribution >= 0.6 is 0 Å². The quantitative estimate of drug-likeness (QED) is 0.0777. The second-order valence-corrected chi connectivity index (χ2v) is 15.0. The highest BCUT2D eigenvalue weighted by Gasteiger charge is 2.26. The van der Waals surface area contributed by atoms with E-state index in [9.17, 15) is 39.0 Å². The van der Waals surface area contributed by atoms with Gasteiger partial charge in [0.05, 0.1) is 0 Å². The van der Waals surface area contributed by atoms with Gasteiger partial charge in [0.2, 0.25) is 5.91 Å². The highest BCUT2D eigenvalue weighted by molar-refractivity contribution is 5.97. The third kappa shape index (κ3) is 17.3. The Morgan fingerprint density at radius 2 is 1.27 bits per heavy atom. The SMILES string of the molecule is O=C(O)CCC(NC(=O)NC(CCCCNC(=O)C(Cc1ccc2ccccc2c1)NC(=O)c1ccc(CN2CCCNCCNCCCNCC2)cc1)C(=O)O)C(=O)O. The second kappa shape index (κ2) is 25.8. The first-order valence-corrected chi connectivity index (χ1v) is 20.7. The minimum atomic E-state index is -1.51. The third-order valence-electron chi connectivity index (χ3n) is 10.2. The molecule has 17 heteroatoms. The third-order valence-corrected chi connectivity index (χ3v) is 10.2. The minimum Gasteiger partial charge on any atom is -0.481 e. The number of fused-ring (bicyclic) bond motifs is 1. The van der Waals surface area contributed by atoms with Gasteiger partial charge < -0.3 is 52.5 Å². The molecule has 0 aliphatic carbocycles. The van der Waals surface area contributed by atoms with Gasteiger partial charge in [-0.15, -0.1) is 0 Å². The summed E-state index contributed by atoms with van der Waals surface area (Å²) in [6.45, 7) is 8.44. The molecule has 1 heterocycles. The van der Waals surface area contributed by atoms with E-state index in [0.29, 0.717) is 12.0 Å². The van der Waals surface area contributed by atoms with Crippen LogP contribution in [0.3, 0.4) is 0 Å². The Morgan fingerprint density at radius 3 is 1.95 bits per heavy atom. The molecule has 10 N–H and O–H groups in total. The molecule has 3 aromatic rings. The van der Waals surface area contributed by atoms with Crippen molar-refractivity contribution >= 4 is 46.5 Å². The summed E-state index contributed by atoms with van der Waals surface area (Å²) in [4.78, 5) is 76.1. The Morgan fingerprint density at radius 1 is 0.633 bits per heavy atom. The van der Waals surface area contributed by atoms with Crippen LogP contribution in [-0.2, 0) is 32.1 Å². The lowest BCUT2D eigenvalue weighted by Crippen LogP contribution is -2.51. The molecule has 3 atom stereocenters. The van der Waals surface area contributed by atoms with Gasteiger partial charge in [-0.3, -0.25) is 19.3 Å². The minimum absolute atomic E-state index is 0.0253. The molecule has 4 amide bonds. The lowest BCUT2D eigenvalue weighted by atomic mass is 10.0. The predicted molar refractivity (Wildman–Crippen MR) is 227 cm³/mol. The summed E-state index contributed by atoms with van der Waals surface area (Å²) in [5.41, 5.74) is 2.35. The van der Waals surface area contributed by atoms with E-state index >= 15 is 0 Å². The van der Waals surface area contributed by atoms with E-state index in [1.807, 2.05) is 54.6 Å². The molecule has 0 aromatic heterocycles. The molecule has 3 aromatic carbocycles. The van der Waals surface area contributed by atoms with Gasteiger partial charge in [-0.1, -0.05) is 54.6 Å². The van der Waals surface area contributed by atoms with E-state index in [1.165, 1.54) is 0 Å². The molecule has 1 aliphatic heterocycles. The van der Waals surface area contributed by atoms with Crippen molar-refractivity contribution in [3.63, 3.8) is 0 Å². The number of hydrogen-bond acceptors (Lipinski definition) is 10. The zero-order valence-electron chi connectivity index (χ0n) is 34.0. The first-order valence-electron chi connectivity index (χ1n) is 20.7. The van der Waals surface area contributed by atoms with Crippen molar-refractivity contribution in [2.75, 3.05) is 58.9 Å². The van der Waals surface area contributed by atoms with Crippen LogP contribution in [0.2, 0.25) is 0 Å². The number of carboxylic acid groups (broad SMARTS) is 3. The van der Waals surface area contributed by atoms with Crippen molar-refractivity contribution in [2.45, 2.75) is 76.0 Å². The Hall–Kier alpha value is -5.62. The van der Waals surface area contributed by atoms with Crippen LogP contribution in [0.25, 0.3) is 10.8 Å². The number of benzene rings is 3. The fraction of sp³-hybridized carbons (Fsp3) is 0.488. The maximum Gasteiger partial charge on any atom is 0.326 e. The van der Waals surface area contributed by atoms with Crippen molar-refractivity contribution < 1.29 is 44.1 Å². The summed E-state index contributed by atoms with van der Waals surface area (Å²) in [6.07, 6.45) is 2.03. The van der Waals surface area contributed by atoms with Crippen LogP contribution in [-0.4, -0.2) is 133 Å². The monoisotopic (exact) mass is 832 g/mol. The molecular weight excluding hydrogens is 773 g/mol. The average molecular weight is 833 g/mol. The molecular formula is C43H60N8O9. The Kier molecular flexibility index (Phi) is 20.2. The van der Waals surface area contributed by atoms with Crippen molar-refractivity contribution in [1.29, 1.82) is 0 Å². The molecule has 0 saturated carbocycles. The number of amides is 4. The fourth-order valence-corrected chi connectivity index (χ4v) is 6.85. The normalized spacial score (nSPS) is 16.0. The number of urea groups is 1. The summed E-state index contributed by atoms with van der Waals surface area (Å²) in [5.74, 6) is -4.84. The van der Waals surface area contributed by atoms with Crippen LogP contribution < -0.4 is 37.2 Å². The zero-order chi connectivity index (χ0) is 43.1. The van der Waals surface area contributed by atoms with E-state index in [4.69, 9.17) is 5.11 Å². The lowest BCUT2D eigenvalue weighted by molar-refractivity contribution is -0.140. The standard InChI is InChI=1S/C43H60N8O9/c52-38(53)17-16-36(42(58)59)50-43(60)49-35(41(56)57)9-3-4-21-47-40(55)37(28-31-12-13-32-7-1-2-8-34(32)27-31)48-39(54)33-14-10-30(11-15-33)29-51-25-6-20-45-23-22-44-18-5-19-46-24-26-51/h1-2,7-8,10-15,27,35-37,44-46H,3-6,9,16-26,28-29H2,(H,47,55)(H,48,54)(H,52,53)(H,56,57)(H,58,59)(H2,49,50,60). The van der Waals surface area contributed by atoms with Crippen LogP contribution in [0.5, 0.6) is 0 Å². The highest BCUT2D eigenvalue weighted by Crippen LogP contribution is 2.17. The molecule has 3 unspecified atom stereocenters. The van der Waals surface area contributed by atoms with Gasteiger partial charge in [0.1, 0.15) is 18.1 Å². The Bertz CT molecular complexity index is 1850. The first kappa shape index (κ1) is 47.1. The smallest absolute Gasteiger partial charge is 0.326 e. The number of aliphatic carboxylic acids is 3. The van der Waals surface area contributed by atoms with Gasteiger partial charge in [-0.25, -0.2) is 14.4 Å². The van der Waals surface area contributed by atoms with Crippen molar-refractivity contribution in [3.8, 4) is 0 Å². The average Bonchev–Trinajstić information content (AvgIpc) is 3.22. The van der Waals surface area contributed by atoms with E-state index in [-0.39, 0.29) is 32.2 Å². The van der Waals surface area contributed by atoms with Crippen LogP contribution in [0, 0.1) is 0 Å².